The second kappa shape index (κ2) is 7.58. The molecule has 3 aliphatic heterocycles. The highest BCUT2D eigenvalue weighted by atomic mass is 16.2. The van der Waals surface area contributed by atoms with E-state index in [1.54, 1.807) is 11.9 Å². The lowest BCUT2D eigenvalue weighted by Crippen LogP contribution is -2.64. The maximum Gasteiger partial charge on any atom is 0.328 e. The Hall–Kier alpha value is -3.61. The Bertz CT molecular complexity index is 1070. The van der Waals surface area contributed by atoms with Gasteiger partial charge in [0.2, 0.25) is 5.96 Å². The highest BCUT2D eigenvalue weighted by Crippen LogP contribution is 2.34. The van der Waals surface area contributed by atoms with Crippen molar-refractivity contribution in [2.75, 3.05) is 13.6 Å². The second-order valence-electron chi connectivity index (χ2n) is 8.16. The lowest BCUT2D eigenvalue weighted by atomic mass is 10.1. The highest BCUT2D eigenvalue weighted by Gasteiger charge is 2.54. The number of guanidine groups is 1. The van der Waals surface area contributed by atoms with Crippen LogP contribution in [-0.2, 0) is 17.8 Å². The van der Waals surface area contributed by atoms with Gasteiger partial charge in [0.25, 0.3) is 5.91 Å². The fourth-order valence-corrected chi connectivity index (χ4v) is 4.45. The molecule has 7 nitrogen and oxygen atoms in total. The molecule has 1 fully saturated rings. The predicted molar refractivity (Wildman–Crippen MR) is 118 cm³/mol. The lowest BCUT2D eigenvalue weighted by Gasteiger charge is -2.40. The summed E-state index contributed by atoms with van der Waals surface area (Å²) in [5.41, 5.74) is 3.29. The largest absolute Gasteiger partial charge is 0.328 e. The number of hydrogen-bond donors (Lipinski definition) is 0. The molecule has 1 saturated heterocycles. The normalized spacial score (nSPS) is 22.5. The Kier molecular flexibility index (Phi) is 4.73. The topological polar surface area (TPSA) is 59.5 Å². The molecule has 31 heavy (non-hydrogen) atoms. The number of allylic oxidation sites excluding steroid dienone is 1. The van der Waals surface area contributed by atoms with E-state index >= 15 is 0 Å². The van der Waals surface area contributed by atoms with Crippen molar-refractivity contribution in [2.45, 2.75) is 32.1 Å². The summed E-state index contributed by atoms with van der Waals surface area (Å²) in [5, 5.41) is 0. The molecule has 0 aliphatic carbocycles. The number of benzene rings is 2. The Morgan fingerprint density at radius 2 is 1.55 bits per heavy atom. The monoisotopic (exact) mass is 415 g/mol. The predicted octanol–water partition coefficient (Wildman–Crippen LogP) is 2.87. The van der Waals surface area contributed by atoms with Gasteiger partial charge in [0.1, 0.15) is 0 Å². The lowest BCUT2D eigenvalue weighted by molar-refractivity contribution is -0.136. The molecule has 2 aromatic carbocycles. The number of carbonyl (C=O) groups excluding carboxylic acids is 2. The molecule has 2 unspecified atom stereocenters. The summed E-state index contributed by atoms with van der Waals surface area (Å²) in [6, 6.07) is 19.3. The molecule has 0 radical (unpaired) electrons. The summed E-state index contributed by atoms with van der Waals surface area (Å²) in [5.74, 6) is 0.544. The third-order valence-corrected chi connectivity index (χ3v) is 6.15. The van der Waals surface area contributed by atoms with Gasteiger partial charge in [-0.15, -0.1) is 0 Å². The van der Waals surface area contributed by atoms with Crippen LogP contribution in [0.25, 0.3) is 0 Å². The Morgan fingerprint density at radius 3 is 2.23 bits per heavy atom. The average Bonchev–Trinajstić information content (AvgIpc) is 3.29. The fourth-order valence-electron chi connectivity index (χ4n) is 4.45. The number of imide groups is 1. The van der Waals surface area contributed by atoms with Crippen molar-refractivity contribution in [3.05, 3.63) is 83.7 Å². The van der Waals surface area contributed by atoms with Crippen LogP contribution in [0.5, 0.6) is 0 Å². The number of urea groups is 1. The molecular formula is C24H25N5O2. The molecule has 0 bridgehead atoms. The molecule has 5 rings (SSSR count). The van der Waals surface area contributed by atoms with E-state index in [2.05, 4.69) is 17.0 Å². The second-order valence-corrected chi connectivity index (χ2v) is 8.16. The van der Waals surface area contributed by atoms with E-state index in [0.29, 0.717) is 19.5 Å². The van der Waals surface area contributed by atoms with Gasteiger partial charge in [-0.1, -0.05) is 60.7 Å². The SMILES string of the molecule is CC1=CN2C(=NC3C2C(=O)N(CCc2ccccc2)C(=O)N3C)N1Cc1ccccc1. The number of carbonyl (C=O) groups is 2. The first-order chi connectivity index (χ1) is 15.0. The number of rotatable bonds is 5. The minimum atomic E-state index is -0.524. The van der Waals surface area contributed by atoms with Crippen LogP contribution in [0.4, 0.5) is 4.79 Å². The Balaban J connectivity index is 1.38. The van der Waals surface area contributed by atoms with Crippen molar-refractivity contribution in [2.24, 2.45) is 4.99 Å². The van der Waals surface area contributed by atoms with Crippen LogP contribution in [0.2, 0.25) is 0 Å². The zero-order valence-corrected chi connectivity index (χ0v) is 17.7. The van der Waals surface area contributed by atoms with Crippen LogP contribution in [0.1, 0.15) is 18.1 Å². The van der Waals surface area contributed by atoms with Gasteiger partial charge in [-0.25, -0.2) is 9.79 Å². The summed E-state index contributed by atoms with van der Waals surface area (Å²) in [6.45, 7) is 3.05. The molecule has 3 aliphatic rings. The highest BCUT2D eigenvalue weighted by molar-refractivity contribution is 6.04. The Labute approximate surface area is 181 Å². The van der Waals surface area contributed by atoms with Crippen LogP contribution in [0, 0.1) is 0 Å². The average molecular weight is 415 g/mol. The van der Waals surface area contributed by atoms with E-state index < -0.39 is 12.2 Å². The molecule has 0 spiro atoms. The number of fused-ring (bicyclic) bond motifs is 3. The van der Waals surface area contributed by atoms with Crippen LogP contribution in [0.3, 0.4) is 0 Å². The molecule has 3 amide bonds. The van der Waals surface area contributed by atoms with Gasteiger partial charge < -0.3 is 14.7 Å². The summed E-state index contributed by atoms with van der Waals surface area (Å²) >= 11 is 0. The van der Waals surface area contributed by atoms with Gasteiger partial charge in [-0.2, -0.15) is 0 Å². The van der Waals surface area contributed by atoms with Crippen molar-refractivity contribution < 1.29 is 9.59 Å². The van der Waals surface area contributed by atoms with Crippen molar-refractivity contribution in [3.63, 3.8) is 0 Å². The van der Waals surface area contributed by atoms with Crippen molar-refractivity contribution in [1.29, 1.82) is 0 Å². The maximum absolute atomic E-state index is 13.4. The number of hydrogen-bond acceptors (Lipinski definition) is 5. The Morgan fingerprint density at radius 1 is 0.903 bits per heavy atom. The molecule has 7 heteroatoms. The smallest absolute Gasteiger partial charge is 0.310 e. The van der Waals surface area contributed by atoms with E-state index in [9.17, 15) is 9.59 Å². The molecule has 0 saturated carbocycles. The zero-order chi connectivity index (χ0) is 21.5. The van der Waals surface area contributed by atoms with E-state index in [1.807, 2.05) is 66.6 Å². The molecule has 0 N–H and O–H groups in total. The first kappa shape index (κ1) is 19.4. The minimum Gasteiger partial charge on any atom is -0.310 e. The van der Waals surface area contributed by atoms with E-state index in [0.717, 1.165) is 22.8 Å². The van der Waals surface area contributed by atoms with Gasteiger partial charge >= 0.3 is 6.03 Å². The van der Waals surface area contributed by atoms with Gasteiger partial charge in [0, 0.05) is 25.5 Å². The molecule has 2 atom stereocenters. The van der Waals surface area contributed by atoms with E-state index in [1.165, 1.54) is 4.90 Å². The summed E-state index contributed by atoms with van der Waals surface area (Å²) in [6.07, 6.45) is 2.10. The van der Waals surface area contributed by atoms with Gasteiger partial charge in [-0.05, 0) is 24.5 Å². The third-order valence-electron chi connectivity index (χ3n) is 6.15. The quantitative estimate of drug-likeness (QED) is 0.754. The van der Waals surface area contributed by atoms with Crippen LogP contribution >= 0.6 is 0 Å². The number of amides is 3. The fraction of sp³-hybridized carbons (Fsp3) is 0.292. The number of likely N-dealkylation sites (N-methyl/N-ethyl adjacent to an activating group) is 1. The van der Waals surface area contributed by atoms with Gasteiger partial charge in [-0.3, -0.25) is 9.69 Å². The molecule has 3 heterocycles. The zero-order valence-electron chi connectivity index (χ0n) is 17.7. The maximum atomic E-state index is 13.4. The van der Waals surface area contributed by atoms with Crippen LogP contribution < -0.4 is 0 Å². The molecule has 0 aromatic heterocycles. The van der Waals surface area contributed by atoms with E-state index in [-0.39, 0.29) is 11.9 Å². The van der Waals surface area contributed by atoms with Crippen molar-refractivity contribution in [3.8, 4) is 0 Å². The number of nitrogens with zero attached hydrogens (tertiary/aromatic N) is 5. The van der Waals surface area contributed by atoms with E-state index in [4.69, 9.17) is 4.99 Å². The first-order valence-corrected chi connectivity index (χ1v) is 10.5. The van der Waals surface area contributed by atoms with Gasteiger partial charge in [0.05, 0.1) is 6.54 Å². The van der Waals surface area contributed by atoms with Crippen molar-refractivity contribution >= 4 is 17.9 Å². The van der Waals surface area contributed by atoms with Crippen LogP contribution in [-0.4, -0.2) is 63.3 Å². The summed E-state index contributed by atoms with van der Waals surface area (Å²) < 4.78 is 0. The minimum absolute atomic E-state index is 0.187. The molecular weight excluding hydrogens is 390 g/mol. The summed E-state index contributed by atoms with van der Waals surface area (Å²) in [7, 11) is 1.73. The summed E-state index contributed by atoms with van der Waals surface area (Å²) in [4.78, 5) is 38.2. The molecule has 2 aromatic rings. The first-order valence-electron chi connectivity index (χ1n) is 10.5. The number of aliphatic imine (C=N–C) groups is 1. The standard InChI is InChI=1S/C24H25N5O2/c1-17-15-29-20-21(25-23(29)28(17)16-19-11-7-4-8-12-19)26(2)24(31)27(22(20)30)14-13-18-9-5-3-6-10-18/h3-12,15,20-21H,13-14,16H2,1-2H3. The van der Waals surface area contributed by atoms with Crippen LogP contribution in [0.15, 0.2) is 77.6 Å². The van der Waals surface area contributed by atoms with Crippen molar-refractivity contribution in [1.82, 2.24) is 19.6 Å². The van der Waals surface area contributed by atoms with Gasteiger partial charge in [0.15, 0.2) is 12.2 Å². The third kappa shape index (κ3) is 3.26. The molecule has 158 valence electrons.